The second-order valence-electron chi connectivity index (χ2n) is 5.70. The predicted molar refractivity (Wildman–Crippen MR) is 82.6 cm³/mol. The van der Waals surface area contributed by atoms with Crippen molar-refractivity contribution < 1.29 is 14.4 Å². The van der Waals surface area contributed by atoms with Gasteiger partial charge in [-0.2, -0.15) is 0 Å². The number of likely N-dealkylation sites (N-methyl/N-ethyl adjacent to an activating group) is 1. The highest BCUT2D eigenvalue weighted by Crippen LogP contribution is 2.34. The molecule has 0 bridgehead atoms. The van der Waals surface area contributed by atoms with Gasteiger partial charge in [0.15, 0.2) is 5.75 Å². The first-order valence-corrected chi connectivity index (χ1v) is 7.58. The molecule has 7 heteroatoms. The third-order valence-corrected chi connectivity index (χ3v) is 4.38. The van der Waals surface area contributed by atoms with Crippen LogP contribution in [0.5, 0.6) is 5.75 Å². The van der Waals surface area contributed by atoms with Crippen LogP contribution < -0.4 is 9.64 Å². The molecule has 0 spiro atoms. The smallest absolute Gasteiger partial charge is 0.311 e. The third kappa shape index (κ3) is 2.74. The predicted octanol–water partition coefficient (Wildman–Crippen LogP) is 1.51. The van der Waals surface area contributed by atoms with E-state index in [1.165, 1.54) is 6.07 Å². The fraction of sp³-hybridized carbons (Fsp3) is 0.600. The number of rotatable bonds is 4. The fourth-order valence-electron chi connectivity index (χ4n) is 3.19. The third-order valence-electron chi connectivity index (χ3n) is 4.38. The monoisotopic (exact) mass is 307 g/mol. The van der Waals surface area contributed by atoms with Crippen LogP contribution in [0.15, 0.2) is 18.2 Å². The standard InChI is InChI=1S/C15H21N3O4/c1-3-21-14-8-11(4-5-12(14)18(19)20)17-9-13-15(10-17)22-7-6-16(13)2/h4-5,8,13,15H,3,6-7,9-10H2,1-2H3. The Kier molecular flexibility index (Phi) is 4.17. The highest BCUT2D eigenvalue weighted by molar-refractivity contribution is 5.60. The van der Waals surface area contributed by atoms with Crippen LogP contribution >= 0.6 is 0 Å². The first-order valence-electron chi connectivity index (χ1n) is 7.58. The minimum Gasteiger partial charge on any atom is -0.487 e. The van der Waals surface area contributed by atoms with Crippen molar-refractivity contribution >= 4 is 11.4 Å². The Balaban J connectivity index is 1.83. The molecule has 7 nitrogen and oxygen atoms in total. The lowest BCUT2D eigenvalue weighted by atomic mass is 10.1. The number of nitrogens with zero attached hydrogens (tertiary/aromatic N) is 3. The van der Waals surface area contributed by atoms with Gasteiger partial charge < -0.3 is 14.4 Å². The summed E-state index contributed by atoms with van der Waals surface area (Å²) in [6.45, 7) is 5.60. The van der Waals surface area contributed by atoms with E-state index >= 15 is 0 Å². The van der Waals surface area contributed by atoms with Crippen molar-refractivity contribution in [3.8, 4) is 5.75 Å². The minimum absolute atomic E-state index is 0.00980. The summed E-state index contributed by atoms with van der Waals surface area (Å²) in [5, 5.41) is 11.1. The Hall–Kier alpha value is -1.86. The number of anilines is 1. The normalized spacial score (nSPS) is 25.1. The Morgan fingerprint density at radius 2 is 2.27 bits per heavy atom. The molecule has 0 saturated carbocycles. The molecule has 1 aromatic rings. The number of fused-ring (bicyclic) bond motifs is 1. The zero-order chi connectivity index (χ0) is 15.7. The van der Waals surface area contributed by atoms with E-state index in [-0.39, 0.29) is 11.8 Å². The maximum atomic E-state index is 11.1. The molecule has 3 rings (SSSR count). The first-order chi connectivity index (χ1) is 10.6. The van der Waals surface area contributed by atoms with Crippen LogP contribution in [0, 0.1) is 10.1 Å². The molecule has 2 saturated heterocycles. The zero-order valence-corrected chi connectivity index (χ0v) is 12.9. The Morgan fingerprint density at radius 3 is 2.95 bits per heavy atom. The molecule has 0 aliphatic carbocycles. The van der Waals surface area contributed by atoms with Gasteiger partial charge in [-0.15, -0.1) is 0 Å². The van der Waals surface area contributed by atoms with Gasteiger partial charge in [-0.05, 0) is 20.0 Å². The largest absolute Gasteiger partial charge is 0.487 e. The fourth-order valence-corrected chi connectivity index (χ4v) is 3.19. The molecule has 22 heavy (non-hydrogen) atoms. The van der Waals surface area contributed by atoms with Gasteiger partial charge in [0, 0.05) is 37.5 Å². The number of hydrogen-bond acceptors (Lipinski definition) is 6. The SMILES string of the molecule is CCOc1cc(N2CC3OCCN(C)C3C2)ccc1[N+](=O)[O-]. The van der Waals surface area contributed by atoms with Gasteiger partial charge in [-0.25, -0.2) is 0 Å². The van der Waals surface area contributed by atoms with E-state index in [9.17, 15) is 10.1 Å². The van der Waals surface area contributed by atoms with E-state index in [1.54, 1.807) is 12.1 Å². The average Bonchev–Trinajstić information content (AvgIpc) is 2.93. The molecule has 0 N–H and O–H groups in total. The summed E-state index contributed by atoms with van der Waals surface area (Å²) in [5.41, 5.74) is 0.955. The summed E-state index contributed by atoms with van der Waals surface area (Å²) in [7, 11) is 2.12. The first kappa shape index (κ1) is 15.1. The Labute approximate surface area is 129 Å². The van der Waals surface area contributed by atoms with Crippen LogP contribution in [0.1, 0.15) is 6.92 Å². The van der Waals surface area contributed by atoms with Crippen LogP contribution in [0.2, 0.25) is 0 Å². The maximum Gasteiger partial charge on any atom is 0.311 e. The van der Waals surface area contributed by atoms with E-state index < -0.39 is 4.92 Å². The van der Waals surface area contributed by atoms with Gasteiger partial charge in [0.25, 0.3) is 0 Å². The van der Waals surface area contributed by atoms with Crippen molar-refractivity contribution in [2.24, 2.45) is 0 Å². The summed E-state index contributed by atoms with van der Waals surface area (Å²) in [5.74, 6) is 0.328. The van der Waals surface area contributed by atoms with E-state index in [0.717, 1.165) is 31.9 Å². The van der Waals surface area contributed by atoms with Crippen molar-refractivity contribution in [2.75, 3.05) is 44.8 Å². The van der Waals surface area contributed by atoms with Crippen LogP contribution in [0.4, 0.5) is 11.4 Å². The van der Waals surface area contributed by atoms with E-state index in [1.807, 2.05) is 6.92 Å². The molecule has 1 aromatic carbocycles. The molecule has 120 valence electrons. The Bertz CT molecular complexity index is 566. The van der Waals surface area contributed by atoms with Crippen molar-refractivity contribution in [3.63, 3.8) is 0 Å². The Morgan fingerprint density at radius 1 is 1.45 bits per heavy atom. The number of hydrogen-bond donors (Lipinski definition) is 0. The number of ether oxygens (including phenoxy) is 2. The van der Waals surface area contributed by atoms with Crippen LogP contribution in [0.25, 0.3) is 0 Å². The highest BCUT2D eigenvalue weighted by Gasteiger charge is 2.38. The van der Waals surface area contributed by atoms with Gasteiger partial charge in [0.1, 0.15) is 0 Å². The lowest BCUT2D eigenvalue weighted by Crippen LogP contribution is -2.48. The molecule has 2 fully saturated rings. The molecule has 2 aliphatic heterocycles. The summed E-state index contributed by atoms with van der Waals surface area (Å²) in [6, 6.07) is 5.45. The molecule has 0 radical (unpaired) electrons. The molecule has 0 amide bonds. The topological polar surface area (TPSA) is 68.1 Å². The number of benzene rings is 1. The number of morpholine rings is 1. The van der Waals surface area contributed by atoms with Gasteiger partial charge in [0.2, 0.25) is 0 Å². The van der Waals surface area contributed by atoms with Gasteiger partial charge in [-0.1, -0.05) is 0 Å². The molecule has 0 aromatic heterocycles. The minimum atomic E-state index is -0.407. The summed E-state index contributed by atoms with van der Waals surface area (Å²) < 4.78 is 11.3. The van der Waals surface area contributed by atoms with E-state index in [4.69, 9.17) is 9.47 Å². The van der Waals surface area contributed by atoms with Crippen molar-refractivity contribution in [1.82, 2.24) is 4.90 Å². The molecule has 2 unspecified atom stereocenters. The second kappa shape index (κ2) is 6.10. The summed E-state index contributed by atoms with van der Waals surface area (Å²) in [4.78, 5) is 15.2. The van der Waals surface area contributed by atoms with Gasteiger partial charge in [-0.3, -0.25) is 15.0 Å². The molecule has 2 aliphatic rings. The highest BCUT2D eigenvalue weighted by atomic mass is 16.6. The van der Waals surface area contributed by atoms with Crippen LogP contribution in [-0.2, 0) is 4.74 Å². The number of nitro groups is 1. The van der Waals surface area contributed by atoms with Gasteiger partial charge >= 0.3 is 5.69 Å². The number of nitro benzene ring substituents is 1. The summed E-state index contributed by atoms with van der Waals surface area (Å²) in [6.07, 6.45) is 0.199. The maximum absolute atomic E-state index is 11.1. The molecule has 2 heterocycles. The van der Waals surface area contributed by atoms with E-state index in [2.05, 4.69) is 16.8 Å². The van der Waals surface area contributed by atoms with Crippen molar-refractivity contribution in [3.05, 3.63) is 28.3 Å². The lowest BCUT2D eigenvalue weighted by Gasteiger charge is -2.33. The second-order valence-corrected chi connectivity index (χ2v) is 5.70. The molecular formula is C15H21N3O4. The molecule has 2 atom stereocenters. The molecular weight excluding hydrogens is 286 g/mol. The summed E-state index contributed by atoms with van der Waals surface area (Å²) >= 11 is 0. The van der Waals surface area contributed by atoms with Crippen molar-refractivity contribution in [1.29, 1.82) is 0 Å². The average molecular weight is 307 g/mol. The quantitative estimate of drug-likeness (QED) is 0.620. The van der Waals surface area contributed by atoms with Crippen LogP contribution in [-0.4, -0.2) is 61.9 Å². The van der Waals surface area contributed by atoms with Crippen LogP contribution in [0.3, 0.4) is 0 Å². The van der Waals surface area contributed by atoms with Crippen molar-refractivity contribution in [2.45, 2.75) is 19.1 Å². The van der Waals surface area contributed by atoms with Gasteiger partial charge in [0.05, 0.1) is 30.3 Å². The lowest BCUT2D eigenvalue weighted by molar-refractivity contribution is -0.385. The zero-order valence-electron chi connectivity index (χ0n) is 12.9. The van der Waals surface area contributed by atoms with E-state index in [0.29, 0.717) is 18.4 Å².